The molecule has 3 rings (SSSR count). The molecule has 0 atom stereocenters. The molecule has 0 unspecified atom stereocenters. The van der Waals surface area contributed by atoms with Crippen molar-refractivity contribution in [1.82, 2.24) is 0 Å². The molecule has 24 heavy (non-hydrogen) atoms. The van der Waals surface area contributed by atoms with Gasteiger partial charge in [0.25, 0.3) is 5.91 Å². The first kappa shape index (κ1) is 16.3. The maximum Gasteiger partial charge on any atom is 0.255 e. The molecule has 0 saturated carbocycles. The predicted octanol–water partition coefficient (Wildman–Crippen LogP) is 5.71. The lowest BCUT2D eigenvalue weighted by Crippen LogP contribution is -2.11. The number of hydrogen-bond acceptors (Lipinski definition) is 2. The van der Waals surface area contributed by atoms with Gasteiger partial charge in [0.1, 0.15) is 0 Å². The summed E-state index contributed by atoms with van der Waals surface area (Å²) in [5.41, 5.74) is 3.99. The number of carbonyl (C=O) groups excluding carboxylic acids is 1. The summed E-state index contributed by atoms with van der Waals surface area (Å²) in [6.45, 7) is 4.22. The standard InChI is InChI=1S/C21H19NOS/c1-15-8-9-16(2)20(14-15)24-19-12-10-18(11-13-19)22-21(23)17-6-4-3-5-7-17/h3-14H,1-2H3,(H,22,23). The molecule has 0 aliphatic heterocycles. The van der Waals surface area contributed by atoms with E-state index in [9.17, 15) is 4.79 Å². The van der Waals surface area contributed by atoms with Crippen molar-refractivity contribution in [3.8, 4) is 0 Å². The van der Waals surface area contributed by atoms with Gasteiger partial charge in [0.2, 0.25) is 0 Å². The zero-order valence-electron chi connectivity index (χ0n) is 13.7. The van der Waals surface area contributed by atoms with Crippen molar-refractivity contribution in [3.63, 3.8) is 0 Å². The van der Waals surface area contributed by atoms with Gasteiger partial charge in [0.15, 0.2) is 0 Å². The van der Waals surface area contributed by atoms with Gasteiger partial charge < -0.3 is 5.32 Å². The van der Waals surface area contributed by atoms with Crippen LogP contribution in [-0.4, -0.2) is 5.91 Å². The van der Waals surface area contributed by atoms with E-state index in [4.69, 9.17) is 0 Å². The minimum atomic E-state index is -0.0921. The zero-order valence-corrected chi connectivity index (χ0v) is 14.6. The van der Waals surface area contributed by atoms with Crippen LogP contribution in [0.5, 0.6) is 0 Å². The molecule has 120 valence electrons. The van der Waals surface area contributed by atoms with Gasteiger partial charge in [-0.25, -0.2) is 0 Å². The average molecular weight is 333 g/mol. The van der Waals surface area contributed by atoms with Gasteiger partial charge in [0, 0.05) is 21.0 Å². The molecular formula is C21H19NOS. The van der Waals surface area contributed by atoms with Crippen molar-refractivity contribution in [2.45, 2.75) is 23.6 Å². The average Bonchev–Trinajstić information content (AvgIpc) is 2.60. The number of carbonyl (C=O) groups is 1. The van der Waals surface area contributed by atoms with E-state index in [0.29, 0.717) is 5.56 Å². The Morgan fingerprint density at radius 1 is 0.875 bits per heavy atom. The Labute approximate surface area is 146 Å². The molecule has 0 aromatic heterocycles. The fraction of sp³-hybridized carbons (Fsp3) is 0.0952. The number of nitrogens with one attached hydrogen (secondary N) is 1. The normalized spacial score (nSPS) is 10.4. The Balaban J connectivity index is 1.69. The fourth-order valence-corrected chi connectivity index (χ4v) is 3.34. The first-order valence-corrected chi connectivity index (χ1v) is 8.65. The number of benzene rings is 3. The molecular weight excluding hydrogens is 314 g/mol. The Morgan fingerprint density at radius 2 is 1.58 bits per heavy atom. The smallest absolute Gasteiger partial charge is 0.255 e. The molecule has 0 radical (unpaired) electrons. The minimum Gasteiger partial charge on any atom is -0.322 e. The van der Waals surface area contributed by atoms with E-state index in [1.54, 1.807) is 23.9 Å². The van der Waals surface area contributed by atoms with Crippen molar-refractivity contribution in [2.24, 2.45) is 0 Å². The van der Waals surface area contributed by atoms with Gasteiger partial charge in [-0.2, -0.15) is 0 Å². The maximum absolute atomic E-state index is 12.2. The van der Waals surface area contributed by atoms with Gasteiger partial charge in [0.05, 0.1) is 0 Å². The second-order valence-electron chi connectivity index (χ2n) is 5.72. The summed E-state index contributed by atoms with van der Waals surface area (Å²) in [6, 6.07) is 23.6. The third-order valence-corrected chi connectivity index (χ3v) is 4.89. The Morgan fingerprint density at radius 3 is 2.29 bits per heavy atom. The molecule has 0 heterocycles. The van der Waals surface area contributed by atoms with Crippen LogP contribution in [-0.2, 0) is 0 Å². The van der Waals surface area contributed by atoms with E-state index in [0.717, 1.165) is 10.6 Å². The summed E-state index contributed by atoms with van der Waals surface area (Å²) in [5.74, 6) is -0.0921. The molecule has 0 aliphatic carbocycles. The Bertz CT molecular complexity index is 841. The van der Waals surface area contributed by atoms with Gasteiger partial charge in [-0.3, -0.25) is 4.79 Å². The van der Waals surface area contributed by atoms with Crippen LogP contribution in [0.25, 0.3) is 0 Å². The number of amides is 1. The van der Waals surface area contributed by atoms with Crippen LogP contribution >= 0.6 is 11.8 Å². The zero-order chi connectivity index (χ0) is 16.9. The van der Waals surface area contributed by atoms with Crippen LogP contribution in [0.1, 0.15) is 21.5 Å². The number of hydrogen-bond donors (Lipinski definition) is 1. The Kier molecular flexibility index (Phi) is 5.02. The van der Waals surface area contributed by atoms with E-state index in [1.807, 2.05) is 42.5 Å². The molecule has 0 bridgehead atoms. The second kappa shape index (κ2) is 7.37. The van der Waals surface area contributed by atoms with Gasteiger partial charge in [-0.15, -0.1) is 0 Å². The van der Waals surface area contributed by atoms with E-state index < -0.39 is 0 Å². The molecule has 0 fully saturated rings. The fourth-order valence-electron chi connectivity index (χ4n) is 2.34. The van der Waals surface area contributed by atoms with Crippen molar-refractivity contribution < 1.29 is 4.79 Å². The maximum atomic E-state index is 12.2. The highest BCUT2D eigenvalue weighted by Gasteiger charge is 2.06. The van der Waals surface area contributed by atoms with Crippen molar-refractivity contribution >= 4 is 23.4 Å². The molecule has 3 aromatic rings. The van der Waals surface area contributed by atoms with Crippen LogP contribution < -0.4 is 5.32 Å². The summed E-state index contributed by atoms with van der Waals surface area (Å²) < 4.78 is 0. The summed E-state index contributed by atoms with van der Waals surface area (Å²) in [4.78, 5) is 14.6. The highest BCUT2D eigenvalue weighted by atomic mass is 32.2. The van der Waals surface area contributed by atoms with Crippen molar-refractivity contribution in [3.05, 3.63) is 89.5 Å². The summed E-state index contributed by atoms with van der Waals surface area (Å²) in [7, 11) is 0. The van der Waals surface area contributed by atoms with Crippen LogP contribution in [0.4, 0.5) is 5.69 Å². The lowest BCUT2D eigenvalue weighted by Gasteiger charge is -2.09. The van der Waals surface area contributed by atoms with Crippen LogP contribution in [0.15, 0.2) is 82.6 Å². The molecule has 3 aromatic carbocycles. The van der Waals surface area contributed by atoms with E-state index in [2.05, 4.69) is 37.4 Å². The number of aryl methyl sites for hydroxylation is 2. The quantitative estimate of drug-likeness (QED) is 0.663. The monoisotopic (exact) mass is 333 g/mol. The summed E-state index contributed by atoms with van der Waals surface area (Å²) in [5, 5.41) is 2.92. The highest BCUT2D eigenvalue weighted by molar-refractivity contribution is 7.99. The first-order chi connectivity index (χ1) is 11.6. The molecule has 0 saturated heterocycles. The molecule has 1 amide bonds. The third kappa shape index (κ3) is 4.06. The number of anilines is 1. The van der Waals surface area contributed by atoms with E-state index in [1.165, 1.54) is 16.0 Å². The Hall–Kier alpha value is -2.52. The van der Waals surface area contributed by atoms with Gasteiger partial charge in [-0.05, 0) is 67.4 Å². The van der Waals surface area contributed by atoms with Crippen molar-refractivity contribution in [1.29, 1.82) is 0 Å². The summed E-state index contributed by atoms with van der Waals surface area (Å²) >= 11 is 1.74. The van der Waals surface area contributed by atoms with Crippen molar-refractivity contribution in [2.75, 3.05) is 5.32 Å². The SMILES string of the molecule is Cc1ccc(C)c(Sc2ccc(NC(=O)c3ccccc3)cc2)c1. The molecule has 0 spiro atoms. The van der Waals surface area contributed by atoms with E-state index in [-0.39, 0.29) is 5.91 Å². The van der Waals surface area contributed by atoms with Crippen LogP contribution in [0.3, 0.4) is 0 Å². The first-order valence-electron chi connectivity index (χ1n) is 7.83. The molecule has 3 heteroatoms. The van der Waals surface area contributed by atoms with E-state index >= 15 is 0 Å². The second-order valence-corrected chi connectivity index (χ2v) is 6.83. The molecule has 0 aliphatic rings. The third-order valence-electron chi connectivity index (χ3n) is 3.72. The van der Waals surface area contributed by atoms with Crippen LogP contribution in [0.2, 0.25) is 0 Å². The van der Waals surface area contributed by atoms with Gasteiger partial charge in [-0.1, -0.05) is 42.1 Å². The predicted molar refractivity (Wildman–Crippen MR) is 101 cm³/mol. The van der Waals surface area contributed by atoms with Gasteiger partial charge >= 0.3 is 0 Å². The molecule has 2 nitrogen and oxygen atoms in total. The number of rotatable bonds is 4. The lowest BCUT2D eigenvalue weighted by atomic mass is 10.2. The largest absolute Gasteiger partial charge is 0.322 e. The topological polar surface area (TPSA) is 29.1 Å². The lowest BCUT2D eigenvalue weighted by molar-refractivity contribution is 0.102. The summed E-state index contributed by atoms with van der Waals surface area (Å²) in [6.07, 6.45) is 0. The van der Waals surface area contributed by atoms with Crippen LogP contribution in [0, 0.1) is 13.8 Å². The highest BCUT2D eigenvalue weighted by Crippen LogP contribution is 2.31. The molecule has 1 N–H and O–H groups in total. The minimum absolute atomic E-state index is 0.0921.